The number of ether oxygens (including phenoxy) is 3. The van der Waals surface area contributed by atoms with E-state index in [-0.39, 0.29) is 12.6 Å². The summed E-state index contributed by atoms with van der Waals surface area (Å²) in [6.45, 7) is 1.46. The molecule has 3 N–H and O–H groups in total. The van der Waals surface area contributed by atoms with Crippen LogP contribution in [0.2, 0.25) is 0 Å². The first-order valence-corrected chi connectivity index (χ1v) is 11.9. The Hall–Kier alpha value is -0.730. The predicted molar refractivity (Wildman–Crippen MR) is 115 cm³/mol. The second-order valence-corrected chi connectivity index (χ2v) is 8.44. The lowest BCUT2D eigenvalue weighted by atomic mass is 10.0. The first kappa shape index (κ1) is 27.3. The summed E-state index contributed by atoms with van der Waals surface area (Å²) in [6, 6.07) is 0. The fourth-order valence-electron chi connectivity index (χ4n) is 3.89. The number of aliphatic hydroxyl groups is 3. The molecule has 0 aromatic heterocycles. The zero-order valence-corrected chi connectivity index (χ0v) is 19.0. The number of methoxy groups -OCH3 is 1. The van der Waals surface area contributed by atoms with Crippen LogP contribution in [0.5, 0.6) is 0 Å². The van der Waals surface area contributed by atoms with Crippen molar-refractivity contribution < 1.29 is 34.3 Å². The SMILES string of the molecule is CCCCCCCCCCCCCCCC(=O)OCC1(OC)O[C@H](CO)[C@@H](O)[C@@H]1O. The lowest BCUT2D eigenvalue weighted by Gasteiger charge is -2.29. The number of rotatable bonds is 18. The average molecular weight is 433 g/mol. The fraction of sp³-hybridized carbons (Fsp3) is 0.957. The molecule has 1 unspecified atom stereocenters. The van der Waals surface area contributed by atoms with E-state index in [9.17, 15) is 20.1 Å². The van der Waals surface area contributed by atoms with Crippen LogP contribution < -0.4 is 0 Å². The van der Waals surface area contributed by atoms with E-state index in [1.807, 2.05) is 0 Å². The van der Waals surface area contributed by atoms with Crippen LogP contribution in [0.3, 0.4) is 0 Å². The minimum absolute atomic E-state index is 0.305. The molecule has 7 nitrogen and oxygen atoms in total. The van der Waals surface area contributed by atoms with Gasteiger partial charge in [0, 0.05) is 13.5 Å². The van der Waals surface area contributed by atoms with E-state index in [0.29, 0.717) is 6.42 Å². The Morgan fingerprint density at radius 2 is 1.40 bits per heavy atom. The summed E-state index contributed by atoms with van der Waals surface area (Å²) in [5, 5.41) is 29.2. The van der Waals surface area contributed by atoms with Crippen LogP contribution >= 0.6 is 0 Å². The largest absolute Gasteiger partial charge is 0.460 e. The van der Waals surface area contributed by atoms with E-state index in [4.69, 9.17) is 14.2 Å². The standard InChI is InChI=1S/C23H44O7/c1-3-4-5-6-7-8-9-10-11-12-13-14-15-16-20(25)29-18-23(28-2)22(27)21(26)19(17-24)30-23/h19,21-22,24,26-27H,3-18H2,1-2H3/t19-,21-,22+,23?/m1/s1. The molecule has 0 aromatic rings. The maximum Gasteiger partial charge on any atom is 0.305 e. The molecule has 4 atom stereocenters. The number of aliphatic hydroxyl groups excluding tert-OH is 3. The van der Waals surface area contributed by atoms with Crippen molar-refractivity contribution in [1.82, 2.24) is 0 Å². The number of hydrogen-bond donors (Lipinski definition) is 3. The van der Waals surface area contributed by atoms with Crippen LogP contribution in [0.15, 0.2) is 0 Å². The topological polar surface area (TPSA) is 105 Å². The molecular formula is C23H44O7. The van der Waals surface area contributed by atoms with Crippen molar-refractivity contribution in [2.75, 3.05) is 20.3 Å². The van der Waals surface area contributed by atoms with Gasteiger partial charge in [0.05, 0.1) is 6.61 Å². The van der Waals surface area contributed by atoms with Crippen LogP contribution in [0.25, 0.3) is 0 Å². The van der Waals surface area contributed by atoms with E-state index >= 15 is 0 Å². The van der Waals surface area contributed by atoms with Crippen molar-refractivity contribution in [3.63, 3.8) is 0 Å². The molecule has 30 heavy (non-hydrogen) atoms. The summed E-state index contributed by atoms with van der Waals surface area (Å²) in [6.07, 6.45) is 12.8. The zero-order valence-electron chi connectivity index (χ0n) is 19.0. The number of unbranched alkanes of at least 4 members (excludes halogenated alkanes) is 12. The van der Waals surface area contributed by atoms with Gasteiger partial charge in [-0.2, -0.15) is 0 Å². The summed E-state index contributed by atoms with van der Waals surface area (Å²) in [5.41, 5.74) is 0. The molecule has 1 heterocycles. The second kappa shape index (κ2) is 16.0. The van der Waals surface area contributed by atoms with Gasteiger partial charge in [-0.3, -0.25) is 4.79 Å². The first-order valence-electron chi connectivity index (χ1n) is 11.9. The Balaban J connectivity index is 2.02. The van der Waals surface area contributed by atoms with Gasteiger partial charge in [-0.05, 0) is 6.42 Å². The van der Waals surface area contributed by atoms with Crippen molar-refractivity contribution >= 4 is 5.97 Å². The second-order valence-electron chi connectivity index (χ2n) is 8.44. The molecule has 0 bridgehead atoms. The van der Waals surface area contributed by atoms with Crippen LogP contribution in [0.1, 0.15) is 96.8 Å². The Morgan fingerprint density at radius 1 is 0.900 bits per heavy atom. The highest BCUT2D eigenvalue weighted by atomic mass is 16.7. The smallest absolute Gasteiger partial charge is 0.305 e. The molecule has 0 aromatic carbocycles. The summed E-state index contributed by atoms with van der Waals surface area (Å²) in [5.74, 6) is -2.02. The quantitative estimate of drug-likeness (QED) is 0.225. The van der Waals surface area contributed by atoms with Gasteiger partial charge in [-0.25, -0.2) is 0 Å². The van der Waals surface area contributed by atoms with Gasteiger partial charge in [0.2, 0.25) is 5.79 Å². The molecule has 178 valence electrons. The van der Waals surface area contributed by atoms with Crippen LogP contribution in [0.4, 0.5) is 0 Å². The summed E-state index contributed by atoms with van der Waals surface area (Å²) >= 11 is 0. The van der Waals surface area contributed by atoms with Crippen LogP contribution in [0, 0.1) is 0 Å². The van der Waals surface area contributed by atoms with E-state index in [0.717, 1.165) is 19.3 Å². The highest BCUT2D eigenvalue weighted by Crippen LogP contribution is 2.32. The third kappa shape index (κ3) is 9.60. The third-order valence-corrected chi connectivity index (χ3v) is 5.95. The molecule has 1 aliphatic rings. The number of esters is 1. The molecule has 0 aliphatic carbocycles. The van der Waals surface area contributed by atoms with Gasteiger partial charge >= 0.3 is 5.97 Å². The number of carbonyl (C=O) groups is 1. The normalized spacial score (nSPS) is 26.2. The highest BCUT2D eigenvalue weighted by molar-refractivity contribution is 5.69. The van der Waals surface area contributed by atoms with Crippen molar-refractivity contribution in [1.29, 1.82) is 0 Å². The van der Waals surface area contributed by atoms with Gasteiger partial charge in [0.1, 0.15) is 24.9 Å². The van der Waals surface area contributed by atoms with Crippen LogP contribution in [-0.2, 0) is 19.0 Å². The highest BCUT2D eigenvalue weighted by Gasteiger charge is 2.55. The molecule has 7 heteroatoms. The van der Waals surface area contributed by atoms with Crippen LogP contribution in [-0.4, -0.2) is 65.7 Å². The monoisotopic (exact) mass is 432 g/mol. The van der Waals surface area contributed by atoms with Gasteiger partial charge in [-0.1, -0.05) is 84.0 Å². The number of hydrogen-bond acceptors (Lipinski definition) is 7. The molecule has 1 rings (SSSR count). The molecule has 1 fully saturated rings. The lowest BCUT2D eigenvalue weighted by Crippen LogP contribution is -2.49. The average Bonchev–Trinajstić information content (AvgIpc) is 3.00. The minimum Gasteiger partial charge on any atom is -0.460 e. The minimum atomic E-state index is -1.64. The molecule has 1 saturated heterocycles. The van der Waals surface area contributed by atoms with E-state index in [2.05, 4.69) is 6.92 Å². The molecule has 0 saturated carbocycles. The van der Waals surface area contributed by atoms with Gasteiger partial charge < -0.3 is 29.5 Å². The summed E-state index contributed by atoms with van der Waals surface area (Å²) in [7, 11) is 1.30. The Kier molecular flexibility index (Phi) is 14.5. The molecule has 1 aliphatic heterocycles. The van der Waals surface area contributed by atoms with Crippen molar-refractivity contribution in [3.8, 4) is 0 Å². The first-order chi connectivity index (χ1) is 14.5. The lowest BCUT2D eigenvalue weighted by molar-refractivity contribution is -0.267. The number of carbonyl (C=O) groups excluding carboxylic acids is 1. The molecular weight excluding hydrogens is 388 g/mol. The van der Waals surface area contributed by atoms with Gasteiger partial charge in [-0.15, -0.1) is 0 Å². The zero-order chi connectivity index (χ0) is 22.2. The van der Waals surface area contributed by atoms with Gasteiger partial charge in [0.25, 0.3) is 0 Å². The van der Waals surface area contributed by atoms with Gasteiger partial charge in [0.15, 0.2) is 0 Å². The summed E-state index contributed by atoms with van der Waals surface area (Å²) < 4.78 is 15.8. The maximum atomic E-state index is 12.0. The van der Waals surface area contributed by atoms with E-state index in [1.165, 1.54) is 71.3 Å². The van der Waals surface area contributed by atoms with E-state index in [1.54, 1.807) is 0 Å². The molecule has 0 spiro atoms. The van der Waals surface area contributed by atoms with E-state index < -0.39 is 30.7 Å². The van der Waals surface area contributed by atoms with Crippen molar-refractivity contribution in [2.24, 2.45) is 0 Å². The Labute approximate surface area is 182 Å². The Bertz CT molecular complexity index is 445. The molecule has 0 radical (unpaired) electrons. The fourth-order valence-corrected chi connectivity index (χ4v) is 3.89. The van der Waals surface area contributed by atoms with Crippen molar-refractivity contribution in [2.45, 2.75) is 121 Å². The maximum absolute atomic E-state index is 12.0. The summed E-state index contributed by atoms with van der Waals surface area (Å²) in [4.78, 5) is 12.0. The van der Waals surface area contributed by atoms with Crippen molar-refractivity contribution in [3.05, 3.63) is 0 Å². The Morgan fingerprint density at radius 3 is 1.83 bits per heavy atom. The molecule has 0 amide bonds. The predicted octanol–water partition coefficient (Wildman–Crippen LogP) is 3.47. The third-order valence-electron chi connectivity index (χ3n) is 5.95.